The second-order valence-corrected chi connectivity index (χ2v) is 6.24. The van der Waals surface area contributed by atoms with Gasteiger partial charge in [-0.2, -0.15) is 8.42 Å². The van der Waals surface area contributed by atoms with Crippen molar-refractivity contribution in [3.63, 3.8) is 0 Å². The number of ether oxygens (including phenoxy) is 1. The van der Waals surface area contributed by atoms with Crippen molar-refractivity contribution < 1.29 is 62.0 Å². The number of esters is 1. The van der Waals surface area contributed by atoms with Crippen molar-refractivity contribution in [3.8, 4) is 0 Å². The average Bonchev–Trinajstić information content (AvgIpc) is 2.37. The van der Waals surface area contributed by atoms with E-state index in [1.54, 1.807) is 0 Å². The molecular weight excluding hydrogens is 323 g/mol. The van der Waals surface area contributed by atoms with E-state index in [0.717, 1.165) is 25.7 Å². The van der Waals surface area contributed by atoms with Crippen LogP contribution in [0.4, 0.5) is 0 Å². The van der Waals surface area contributed by atoms with Crippen molar-refractivity contribution >= 4 is 22.1 Å². The van der Waals surface area contributed by atoms with Gasteiger partial charge in [0.1, 0.15) is 6.10 Å². The van der Waals surface area contributed by atoms with Gasteiger partial charge in [0.15, 0.2) is 5.25 Å². The Balaban J connectivity index is 0. The van der Waals surface area contributed by atoms with Gasteiger partial charge < -0.3 is 14.6 Å². The Morgan fingerprint density at radius 3 is 2.32 bits per heavy atom. The Morgan fingerprint density at radius 1 is 1.32 bits per heavy atom. The van der Waals surface area contributed by atoms with E-state index in [9.17, 15) is 23.1 Å². The van der Waals surface area contributed by atoms with E-state index in [0.29, 0.717) is 6.42 Å². The number of carboxylic acids is 1. The Hall–Kier alpha value is -0.410. The number of carboxylic acid groups (broad SMARTS) is 1. The largest absolute Gasteiger partial charge is 1.00 e. The summed E-state index contributed by atoms with van der Waals surface area (Å²) in [5.41, 5.74) is 0. The van der Waals surface area contributed by atoms with E-state index < -0.39 is 39.8 Å². The first kappa shape index (κ1) is 23.9. The molecule has 0 aromatic carbocycles. The van der Waals surface area contributed by atoms with Gasteiger partial charge in [-0.1, -0.05) is 38.8 Å². The topological polar surface area (TPSA) is 121 Å². The van der Waals surface area contributed by atoms with Crippen LogP contribution in [0, 0.1) is 0 Å². The number of hydrogen-bond acceptors (Lipinski definition) is 6. The van der Waals surface area contributed by atoms with Crippen LogP contribution in [0.2, 0.25) is 0 Å². The van der Waals surface area contributed by atoms with Crippen LogP contribution in [0.1, 0.15) is 45.4 Å². The molecule has 0 saturated carbocycles. The van der Waals surface area contributed by atoms with Crippen LogP contribution in [-0.4, -0.2) is 36.3 Å². The Bertz CT molecular complexity index is 461. The van der Waals surface area contributed by atoms with Gasteiger partial charge in [0.05, 0.1) is 0 Å². The molecule has 7 nitrogen and oxygen atoms in total. The maximum atomic E-state index is 11.7. The van der Waals surface area contributed by atoms with Crippen molar-refractivity contribution in [2.24, 2.45) is 0 Å². The zero-order valence-corrected chi connectivity index (χ0v) is 15.8. The summed E-state index contributed by atoms with van der Waals surface area (Å²) < 4.78 is 35.8. The van der Waals surface area contributed by atoms with Crippen LogP contribution >= 0.6 is 0 Å². The smallest absolute Gasteiger partial charge is 0.550 e. The van der Waals surface area contributed by atoms with Crippen LogP contribution < -0.4 is 34.7 Å². The van der Waals surface area contributed by atoms with Gasteiger partial charge in [0.25, 0.3) is 10.1 Å². The van der Waals surface area contributed by atoms with Gasteiger partial charge in [-0.3, -0.25) is 9.35 Å². The normalized spacial score (nSPS) is 13.5. The maximum absolute atomic E-state index is 11.7. The fourth-order valence-electron chi connectivity index (χ4n) is 1.68. The first-order valence-electron chi connectivity index (χ1n) is 6.71. The van der Waals surface area contributed by atoms with Gasteiger partial charge >= 0.3 is 35.5 Å². The summed E-state index contributed by atoms with van der Waals surface area (Å²) in [4.78, 5) is 22.1. The predicted octanol–water partition coefficient (Wildman–Crippen LogP) is -2.54. The molecule has 0 radical (unpaired) electrons. The molecule has 2 atom stereocenters. The molecule has 122 valence electrons. The number of rotatable bonds is 11. The molecule has 0 aromatic rings. The first-order valence-corrected chi connectivity index (χ1v) is 8.21. The van der Waals surface area contributed by atoms with Gasteiger partial charge in [0, 0.05) is 12.4 Å². The summed E-state index contributed by atoms with van der Waals surface area (Å²) in [6.45, 7) is 5.52. The van der Waals surface area contributed by atoms with Crippen molar-refractivity contribution in [2.45, 2.75) is 56.8 Å². The summed E-state index contributed by atoms with van der Waals surface area (Å²) >= 11 is 0. The molecule has 22 heavy (non-hydrogen) atoms. The van der Waals surface area contributed by atoms with Crippen molar-refractivity contribution in [1.29, 1.82) is 0 Å². The quantitative estimate of drug-likeness (QED) is 0.144. The molecule has 0 amide bonds. The SMILES string of the molecule is C=CC(CCCCCC)OC(=O)C(CC(=O)[O-])S(=O)(=O)O.[Na+]. The molecule has 0 rings (SSSR count). The molecule has 0 saturated heterocycles. The van der Waals surface area contributed by atoms with Crippen molar-refractivity contribution in [3.05, 3.63) is 12.7 Å². The number of unbranched alkanes of at least 4 members (excludes halogenated alkanes) is 3. The van der Waals surface area contributed by atoms with Gasteiger partial charge in [0.2, 0.25) is 0 Å². The number of aliphatic carboxylic acids is 1. The molecule has 0 spiro atoms. The molecule has 0 aliphatic heterocycles. The van der Waals surface area contributed by atoms with E-state index in [1.807, 2.05) is 6.92 Å². The van der Waals surface area contributed by atoms with Crippen molar-refractivity contribution in [1.82, 2.24) is 0 Å². The molecule has 1 N–H and O–H groups in total. The third kappa shape index (κ3) is 10.3. The fourth-order valence-corrected chi connectivity index (χ4v) is 2.33. The molecule has 0 aliphatic carbocycles. The Kier molecular flexibility index (Phi) is 13.1. The van der Waals surface area contributed by atoms with E-state index >= 15 is 0 Å². The van der Waals surface area contributed by atoms with E-state index in [4.69, 9.17) is 9.29 Å². The third-order valence-corrected chi connectivity index (χ3v) is 3.93. The second kappa shape index (κ2) is 12.1. The molecule has 2 unspecified atom stereocenters. The van der Waals surface area contributed by atoms with Crippen LogP contribution in [0.5, 0.6) is 0 Å². The van der Waals surface area contributed by atoms with E-state index in [2.05, 4.69) is 6.58 Å². The number of carbonyl (C=O) groups excluding carboxylic acids is 2. The minimum atomic E-state index is -4.87. The molecule has 0 aromatic heterocycles. The van der Waals surface area contributed by atoms with Gasteiger partial charge in [-0.25, -0.2) is 0 Å². The third-order valence-electron chi connectivity index (χ3n) is 2.85. The molecule has 0 heterocycles. The summed E-state index contributed by atoms with van der Waals surface area (Å²) in [5.74, 6) is -3.09. The second-order valence-electron chi connectivity index (χ2n) is 4.64. The molecular formula is C13H21NaO7S. The van der Waals surface area contributed by atoms with E-state index in [-0.39, 0.29) is 29.6 Å². The number of hydrogen-bond donors (Lipinski definition) is 1. The minimum Gasteiger partial charge on any atom is -0.550 e. The van der Waals surface area contributed by atoms with Crippen LogP contribution in [0.3, 0.4) is 0 Å². The summed E-state index contributed by atoms with van der Waals surface area (Å²) in [5, 5.41) is 8.27. The van der Waals surface area contributed by atoms with Crippen LogP contribution in [0.25, 0.3) is 0 Å². The zero-order chi connectivity index (χ0) is 16.5. The average molecular weight is 344 g/mol. The monoisotopic (exact) mass is 344 g/mol. The first-order chi connectivity index (χ1) is 9.72. The summed E-state index contributed by atoms with van der Waals surface area (Å²) in [7, 11) is -4.87. The molecule has 0 fully saturated rings. The van der Waals surface area contributed by atoms with Gasteiger partial charge in [-0.05, 0) is 12.8 Å². The molecule has 0 aliphatic rings. The fraction of sp³-hybridized carbons (Fsp3) is 0.692. The summed E-state index contributed by atoms with van der Waals surface area (Å²) in [6, 6.07) is 0. The van der Waals surface area contributed by atoms with E-state index in [1.165, 1.54) is 6.08 Å². The maximum Gasteiger partial charge on any atom is 1.00 e. The van der Waals surface area contributed by atoms with Crippen molar-refractivity contribution in [2.75, 3.05) is 0 Å². The van der Waals surface area contributed by atoms with Crippen LogP contribution in [0.15, 0.2) is 12.7 Å². The Morgan fingerprint density at radius 2 is 1.91 bits per heavy atom. The van der Waals surface area contributed by atoms with Crippen LogP contribution in [-0.2, 0) is 24.4 Å². The Labute approximate surface area is 153 Å². The zero-order valence-electron chi connectivity index (χ0n) is 13.0. The molecule has 9 heteroatoms. The molecule has 0 bridgehead atoms. The standard InChI is InChI=1S/C13H22O7S.Na/c1-3-5-6-7-8-10(4-2)20-13(16)11(9-12(14)15)21(17,18)19;/h4,10-11H,2-3,5-9H2,1H3,(H,14,15)(H,17,18,19);/q;+1/p-1. The van der Waals surface area contributed by atoms with Gasteiger partial charge in [-0.15, -0.1) is 0 Å². The number of carbonyl (C=O) groups is 2. The summed E-state index contributed by atoms with van der Waals surface area (Å²) in [6.07, 6.45) is 3.67. The minimum absolute atomic E-state index is 0. The predicted molar refractivity (Wildman–Crippen MR) is 73.8 cm³/mol.